The van der Waals surface area contributed by atoms with Crippen molar-refractivity contribution in [3.05, 3.63) is 36.0 Å². The van der Waals surface area contributed by atoms with Crippen molar-refractivity contribution in [1.29, 1.82) is 0 Å². The lowest BCUT2D eigenvalue weighted by atomic mass is 9.86. The van der Waals surface area contributed by atoms with E-state index in [1.54, 1.807) is 6.20 Å². The summed E-state index contributed by atoms with van der Waals surface area (Å²) in [6.45, 7) is 7.47. The highest BCUT2D eigenvalue weighted by molar-refractivity contribution is 5.59. The topological polar surface area (TPSA) is 50.9 Å². The minimum atomic E-state index is 0.161. The van der Waals surface area contributed by atoms with Gasteiger partial charge in [0.1, 0.15) is 0 Å². The van der Waals surface area contributed by atoms with Gasteiger partial charge in [0.25, 0.3) is 0 Å². The van der Waals surface area contributed by atoms with Crippen LogP contribution in [0.1, 0.15) is 32.8 Å². The number of aliphatic hydroxyl groups is 1. The number of hydrogen-bond donors (Lipinski definition) is 1. The smallest absolute Gasteiger partial charge is 0.0885 e. The van der Waals surface area contributed by atoms with Crippen LogP contribution in [0.25, 0.3) is 11.3 Å². The predicted molar refractivity (Wildman–Crippen MR) is 75.9 cm³/mol. The van der Waals surface area contributed by atoms with Gasteiger partial charge in [-0.3, -0.25) is 0 Å². The third-order valence-electron chi connectivity index (χ3n) is 3.19. The van der Waals surface area contributed by atoms with Crippen molar-refractivity contribution in [2.75, 3.05) is 6.61 Å². The molecule has 0 fully saturated rings. The average molecular weight is 259 g/mol. The molecule has 0 atom stereocenters. The summed E-state index contributed by atoms with van der Waals surface area (Å²) in [7, 11) is 0. The first-order valence-corrected chi connectivity index (χ1v) is 6.62. The summed E-state index contributed by atoms with van der Waals surface area (Å²) >= 11 is 0. The molecule has 0 unspecified atom stereocenters. The quantitative estimate of drug-likeness (QED) is 0.918. The summed E-state index contributed by atoms with van der Waals surface area (Å²) in [6.07, 6.45) is 2.46. The van der Waals surface area contributed by atoms with Crippen LogP contribution < -0.4 is 0 Å². The first kappa shape index (κ1) is 13.7. The van der Waals surface area contributed by atoms with E-state index in [1.807, 2.05) is 4.68 Å². The molecule has 102 valence electrons. The van der Waals surface area contributed by atoms with Gasteiger partial charge in [0.2, 0.25) is 0 Å². The second-order valence-electron chi connectivity index (χ2n) is 5.75. The van der Waals surface area contributed by atoms with E-state index in [0.717, 1.165) is 11.3 Å². The van der Waals surface area contributed by atoms with E-state index in [1.165, 1.54) is 5.56 Å². The Hall–Kier alpha value is -1.68. The van der Waals surface area contributed by atoms with Crippen molar-refractivity contribution < 1.29 is 5.11 Å². The zero-order valence-electron chi connectivity index (χ0n) is 11.8. The van der Waals surface area contributed by atoms with Crippen molar-refractivity contribution in [3.8, 4) is 11.3 Å². The molecule has 0 spiro atoms. The van der Waals surface area contributed by atoms with Crippen molar-refractivity contribution in [2.45, 2.75) is 39.2 Å². The predicted octanol–water partition coefficient (Wildman–Crippen LogP) is 2.63. The molecular formula is C15H21N3O. The lowest BCUT2D eigenvalue weighted by molar-refractivity contribution is 0.276. The van der Waals surface area contributed by atoms with Crippen LogP contribution >= 0.6 is 0 Å². The molecule has 19 heavy (non-hydrogen) atoms. The van der Waals surface area contributed by atoms with Crippen LogP contribution in [0.3, 0.4) is 0 Å². The Morgan fingerprint density at radius 3 is 2.42 bits per heavy atom. The van der Waals surface area contributed by atoms with Gasteiger partial charge in [0, 0.05) is 18.7 Å². The monoisotopic (exact) mass is 259 g/mol. The fourth-order valence-electron chi connectivity index (χ4n) is 2.01. The molecule has 4 nitrogen and oxygen atoms in total. The third kappa shape index (κ3) is 3.20. The third-order valence-corrected chi connectivity index (χ3v) is 3.19. The van der Waals surface area contributed by atoms with Gasteiger partial charge in [0.05, 0.1) is 11.9 Å². The van der Waals surface area contributed by atoms with Gasteiger partial charge in [-0.1, -0.05) is 50.3 Å². The van der Waals surface area contributed by atoms with E-state index < -0.39 is 0 Å². The maximum absolute atomic E-state index is 8.89. The zero-order chi connectivity index (χ0) is 13.9. The summed E-state index contributed by atoms with van der Waals surface area (Å²) < 4.78 is 1.84. The Balaban J connectivity index is 2.25. The van der Waals surface area contributed by atoms with E-state index in [0.29, 0.717) is 13.0 Å². The number of aliphatic hydroxyl groups excluding tert-OH is 1. The van der Waals surface area contributed by atoms with E-state index in [-0.39, 0.29) is 12.0 Å². The number of hydrogen-bond acceptors (Lipinski definition) is 3. The zero-order valence-corrected chi connectivity index (χ0v) is 11.8. The van der Waals surface area contributed by atoms with Crippen LogP contribution in [-0.4, -0.2) is 26.7 Å². The first-order chi connectivity index (χ1) is 9.02. The van der Waals surface area contributed by atoms with Gasteiger partial charge < -0.3 is 5.11 Å². The maximum Gasteiger partial charge on any atom is 0.0885 e. The normalized spacial score (nSPS) is 11.8. The molecule has 2 rings (SSSR count). The van der Waals surface area contributed by atoms with Gasteiger partial charge in [-0.15, -0.1) is 5.10 Å². The first-order valence-electron chi connectivity index (χ1n) is 6.62. The molecule has 1 N–H and O–H groups in total. The van der Waals surface area contributed by atoms with Crippen LogP contribution in [0.5, 0.6) is 0 Å². The fraction of sp³-hybridized carbons (Fsp3) is 0.467. The van der Waals surface area contributed by atoms with Gasteiger partial charge in [0.15, 0.2) is 0 Å². The number of aryl methyl sites for hydroxylation is 1. The van der Waals surface area contributed by atoms with E-state index in [2.05, 4.69) is 55.3 Å². The summed E-state index contributed by atoms with van der Waals surface area (Å²) in [5, 5.41) is 16.9. The molecule has 4 heteroatoms. The van der Waals surface area contributed by atoms with Gasteiger partial charge in [-0.05, 0) is 17.4 Å². The Morgan fingerprint density at radius 2 is 1.84 bits per heavy atom. The molecule has 0 aliphatic carbocycles. The molecule has 1 aromatic heterocycles. The summed E-state index contributed by atoms with van der Waals surface area (Å²) in [5.74, 6) is 0. The second-order valence-corrected chi connectivity index (χ2v) is 5.75. The highest BCUT2D eigenvalue weighted by Crippen LogP contribution is 2.25. The SMILES string of the molecule is CC(C)(C)c1ccc(-c2cnnn2CCCO)cc1. The summed E-state index contributed by atoms with van der Waals surface area (Å²) in [6, 6.07) is 8.51. The van der Waals surface area contributed by atoms with Crippen LogP contribution in [0.15, 0.2) is 30.5 Å². The van der Waals surface area contributed by atoms with Crippen LogP contribution in [0.2, 0.25) is 0 Å². The molecule has 0 aliphatic rings. The minimum Gasteiger partial charge on any atom is -0.396 e. The van der Waals surface area contributed by atoms with Crippen LogP contribution in [-0.2, 0) is 12.0 Å². The lowest BCUT2D eigenvalue weighted by Gasteiger charge is -2.19. The van der Waals surface area contributed by atoms with E-state index in [4.69, 9.17) is 5.11 Å². The van der Waals surface area contributed by atoms with Crippen molar-refractivity contribution in [2.24, 2.45) is 0 Å². The highest BCUT2D eigenvalue weighted by atomic mass is 16.3. The van der Waals surface area contributed by atoms with Gasteiger partial charge in [-0.25, -0.2) is 4.68 Å². The molecule has 0 saturated carbocycles. The summed E-state index contributed by atoms with van der Waals surface area (Å²) in [4.78, 5) is 0. The molecule has 2 aromatic rings. The maximum atomic E-state index is 8.89. The van der Waals surface area contributed by atoms with Gasteiger partial charge >= 0.3 is 0 Å². The molecule has 0 saturated heterocycles. The second kappa shape index (κ2) is 5.53. The fourth-order valence-corrected chi connectivity index (χ4v) is 2.01. The summed E-state index contributed by atoms with van der Waals surface area (Å²) in [5.41, 5.74) is 3.57. The number of rotatable bonds is 4. The standard InChI is InChI=1S/C15H21N3O/c1-15(2,3)13-7-5-12(6-8-13)14-11-16-17-18(14)9-4-10-19/h5-8,11,19H,4,9-10H2,1-3H3. The number of nitrogens with zero attached hydrogens (tertiary/aromatic N) is 3. The number of benzene rings is 1. The molecular weight excluding hydrogens is 238 g/mol. The minimum absolute atomic E-state index is 0.161. The molecule has 1 aromatic carbocycles. The van der Waals surface area contributed by atoms with E-state index in [9.17, 15) is 0 Å². The van der Waals surface area contributed by atoms with Crippen molar-refractivity contribution >= 4 is 0 Å². The largest absolute Gasteiger partial charge is 0.396 e. The van der Waals surface area contributed by atoms with Crippen molar-refractivity contribution in [3.63, 3.8) is 0 Å². The lowest BCUT2D eigenvalue weighted by Crippen LogP contribution is -2.10. The molecule has 0 amide bonds. The average Bonchev–Trinajstić information content (AvgIpc) is 2.83. The number of aromatic nitrogens is 3. The highest BCUT2D eigenvalue weighted by Gasteiger charge is 2.14. The van der Waals surface area contributed by atoms with Gasteiger partial charge in [-0.2, -0.15) is 0 Å². The van der Waals surface area contributed by atoms with Crippen LogP contribution in [0.4, 0.5) is 0 Å². The van der Waals surface area contributed by atoms with E-state index >= 15 is 0 Å². The molecule has 0 aliphatic heterocycles. The Morgan fingerprint density at radius 1 is 1.16 bits per heavy atom. The molecule has 1 heterocycles. The van der Waals surface area contributed by atoms with Crippen LogP contribution in [0, 0.1) is 0 Å². The van der Waals surface area contributed by atoms with Crippen molar-refractivity contribution in [1.82, 2.24) is 15.0 Å². The molecule has 0 radical (unpaired) electrons. The Labute approximate surface area is 114 Å². The Kier molecular flexibility index (Phi) is 4.00. The molecule has 0 bridgehead atoms. The Bertz CT molecular complexity index is 523.